The zero-order valence-electron chi connectivity index (χ0n) is 15.8. The number of carbonyl (C=O) groups excluding carboxylic acids is 2. The topological polar surface area (TPSA) is 49.4 Å². The molecule has 8 heteroatoms. The number of para-hydroxylation sites is 1. The van der Waals surface area contributed by atoms with E-state index in [1.54, 1.807) is 31.3 Å². The molecule has 30 heavy (non-hydrogen) atoms. The van der Waals surface area contributed by atoms with Crippen LogP contribution in [0.3, 0.4) is 0 Å². The highest BCUT2D eigenvalue weighted by molar-refractivity contribution is 7.10. The maximum absolute atomic E-state index is 13.4. The van der Waals surface area contributed by atoms with E-state index in [-0.39, 0.29) is 11.6 Å². The van der Waals surface area contributed by atoms with Crippen LogP contribution >= 0.6 is 11.3 Å². The number of nitrogens with one attached hydrogen (secondary N) is 1. The highest BCUT2D eigenvalue weighted by Gasteiger charge is 2.43. The number of likely N-dealkylation sites (N-methyl/N-ethyl adjacent to an activating group) is 1. The van der Waals surface area contributed by atoms with Gasteiger partial charge in [-0.3, -0.25) is 9.59 Å². The minimum absolute atomic E-state index is 0.233. The van der Waals surface area contributed by atoms with Gasteiger partial charge in [0.1, 0.15) is 0 Å². The number of nitrogens with zero attached hydrogens (tertiary/aromatic N) is 1. The summed E-state index contributed by atoms with van der Waals surface area (Å²) >= 11 is 1.39. The van der Waals surface area contributed by atoms with Crippen molar-refractivity contribution >= 4 is 28.8 Å². The zero-order valence-corrected chi connectivity index (χ0v) is 16.6. The molecule has 0 bridgehead atoms. The second-order valence-electron chi connectivity index (χ2n) is 6.97. The van der Waals surface area contributed by atoms with Gasteiger partial charge in [-0.25, -0.2) is 0 Å². The standard InChI is InChI=1S/C22H17F3N2O2S/c1-27-19(17-11-6-12-30-17)18(13-7-2-3-8-14(13)21(27)29)20(28)26-16-10-5-4-9-15(16)22(23,24)25/h2-12,18-19H,1H3,(H,26,28). The number of halogens is 3. The number of fused-ring (bicyclic) bond motifs is 1. The Labute approximate surface area is 174 Å². The lowest BCUT2D eigenvalue weighted by molar-refractivity contribution is -0.137. The van der Waals surface area contributed by atoms with Crippen LogP contribution in [0.15, 0.2) is 66.0 Å². The van der Waals surface area contributed by atoms with Crippen molar-refractivity contribution in [3.05, 3.63) is 87.6 Å². The summed E-state index contributed by atoms with van der Waals surface area (Å²) in [6, 6.07) is 14.6. The van der Waals surface area contributed by atoms with Gasteiger partial charge in [-0.1, -0.05) is 36.4 Å². The molecule has 2 heterocycles. The van der Waals surface area contributed by atoms with E-state index in [0.29, 0.717) is 11.1 Å². The Balaban J connectivity index is 1.80. The molecule has 2 aromatic carbocycles. The van der Waals surface area contributed by atoms with Crippen molar-refractivity contribution in [3.63, 3.8) is 0 Å². The van der Waals surface area contributed by atoms with Gasteiger partial charge in [0.05, 0.1) is 23.2 Å². The van der Waals surface area contributed by atoms with Crippen LogP contribution in [-0.2, 0) is 11.0 Å². The first-order valence-corrected chi connectivity index (χ1v) is 10.0. The van der Waals surface area contributed by atoms with E-state index in [1.165, 1.54) is 34.4 Å². The Morgan fingerprint density at radius 3 is 2.43 bits per heavy atom. The van der Waals surface area contributed by atoms with Gasteiger partial charge in [0.25, 0.3) is 5.91 Å². The summed E-state index contributed by atoms with van der Waals surface area (Å²) in [6.45, 7) is 0. The largest absolute Gasteiger partial charge is 0.418 e. The smallest absolute Gasteiger partial charge is 0.333 e. The third kappa shape index (κ3) is 3.47. The number of hydrogen-bond donors (Lipinski definition) is 1. The molecular weight excluding hydrogens is 413 g/mol. The van der Waals surface area contributed by atoms with Crippen molar-refractivity contribution in [2.75, 3.05) is 12.4 Å². The molecule has 4 nitrogen and oxygen atoms in total. The summed E-state index contributed by atoms with van der Waals surface area (Å²) in [5.41, 5.74) is -0.352. The third-order valence-electron chi connectivity index (χ3n) is 5.19. The van der Waals surface area contributed by atoms with Crippen LogP contribution in [0.5, 0.6) is 0 Å². The van der Waals surface area contributed by atoms with E-state index < -0.39 is 29.6 Å². The molecule has 0 aliphatic carbocycles. The molecule has 2 atom stereocenters. The zero-order chi connectivity index (χ0) is 21.5. The molecule has 1 aliphatic heterocycles. The van der Waals surface area contributed by atoms with Crippen LogP contribution in [0, 0.1) is 0 Å². The fourth-order valence-electron chi connectivity index (χ4n) is 3.82. The first-order valence-electron chi connectivity index (χ1n) is 9.15. The lowest BCUT2D eigenvalue weighted by Crippen LogP contribution is -2.43. The lowest BCUT2D eigenvalue weighted by atomic mass is 9.81. The van der Waals surface area contributed by atoms with Crippen molar-refractivity contribution < 1.29 is 22.8 Å². The first kappa shape index (κ1) is 20.2. The summed E-state index contributed by atoms with van der Waals surface area (Å²) in [5, 5.41) is 4.30. The summed E-state index contributed by atoms with van der Waals surface area (Å²) in [7, 11) is 1.60. The number of rotatable bonds is 3. The molecule has 2 amide bonds. The van der Waals surface area contributed by atoms with Crippen LogP contribution in [0.1, 0.15) is 38.3 Å². The highest BCUT2D eigenvalue weighted by Crippen LogP contribution is 2.44. The molecule has 1 aliphatic rings. The first-order chi connectivity index (χ1) is 14.3. The average Bonchev–Trinajstić information content (AvgIpc) is 3.24. The molecule has 4 rings (SSSR count). The van der Waals surface area contributed by atoms with Gasteiger partial charge < -0.3 is 10.2 Å². The molecule has 0 saturated heterocycles. The number of benzene rings is 2. The van der Waals surface area contributed by atoms with Gasteiger partial charge in [-0.05, 0) is 35.2 Å². The van der Waals surface area contributed by atoms with Gasteiger partial charge in [-0.15, -0.1) is 11.3 Å². The lowest BCUT2D eigenvalue weighted by Gasteiger charge is -2.39. The van der Waals surface area contributed by atoms with Gasteiger partial charge in [0, 0.05) is 17.5 Å². The van der Waals surface area contributed by atoms with E-state index in [0.717, 1.165) is 10.9 Å². The fourth-order valence-corrected chi connectivity index (χ4v) is 4.73. The van der Waals surface area contributed by atoms with E-state index in [4.69, 9.17) is 0 Å². The van der Waals surface area contributed by atoms with Gasteiger partial charge >= 0.3 is 6.18 Å². The molecule has 3 aromatic rings. The SMILES string of the molecule is CN1C(=O)c2ccccc2C(C(=O)Nc2ccccc2C(F)(F)F)C1c1cccs1. The molecule has 0 radical (unpaired) electrons. The minimum Gasteiger partial charge on any atom is -0.333 e. The third-order valence-corrected chi connectivity index (χ3v) is 6.13. The number of anilines is 1. The number of carbonyl (C=O) groups is 2. The summed E-state index contributed by atoms with van der Waals surface area (Å²) < 4.78 is 40.2. The predicted molar refractivity (Wildman–Crippen MR) is 108 cm³/mol. The number of amides is 2. The molecule has 0 fully saturated rings. The highest BCUT2D eigenvalue weighted by atomic mass is 32.1. The van der Waals surface area contributed by atoms with Crippen LogP contribution in [0.4, 0.5) is 18.9 Å². The fraction of sp³-hybridized carbons (Fsp3) is 0.182. The van der Waals surface area contributed by atoms with Crippen LogP contribution < -0.4 is 5.32 Å². The Bertz CT molecular complexity index is 1100. The van der Waals surface area contributed by atoms with Crippen LogP contribution in [0.2, 0.25) is 0 Å². The maximum atomic E-state index is 13.4. The Kier molecular flexibility index (Phi) is 5.11. The van der Waals surface area contributed by atoms with Crippen LogP contribution in [0.25, 0.3) is 0 Å². The predicted octanol–water partition coefficient (Wildman–Crippen LogP) is 5.32. The molecular formula is C22H17F3N2O2S. The number of hydrogen-bond acceptors (Lipinski definition) is 3. The summed E-state index contributed by atoms with van der Waals surface area (Å²) in [6.07, 6.45) is -4.60. The van der Waals surface area contributed by atoms with Gasteiger partial charge in [0.15, 0.2) is 0 Å². The molecule has 0 saturated carbocycles. The molecule has 0 spiro atoms. The second-order valence-corrected chi connectivity index (χ2v) is 7.95. The van der Waals surface area contributed by atoms with E-state index in [1.807, 2.05) is 17.5 Å². The number of thiophene rings is 1. The van der Waals surface area contributed by atoms with E-state index in [2.05, 4.69) is 5.32 Å². The average molecular weight is 430 g/mol. The maximum Gasteiger partial charge on any atom is 0.418 e. The monoisotopic (exact) mass is 430 g/mol. The molecule has 154 valence electrons. The van der Waals surface area contributed by atoms with Gasteiger partial charge in [0.2, 0.25) is 5.91 Å². The summed E-state index contributed by atoms with van der Waals surface area (Å²) in [4.78, 5) is 28.5. The van der Waals surface area contributed by atoms with Crippen molar-refractivity contribution in [1.82, 2.24) is 4.90 Å². The normalized spacial score (nSPS) is 18.8. The Morgan fingerprint density at radius 1 is 1.03 bits per heavy atom. The van der Waals surface area contributed by atoms with Crippen molar-refractivity contribution in [2.45, 2.75) is 18.1 Å². The quantitative estimate of drug-likeness (QED) is 0.612. The van der Waals surface area contributed by atoms with Crippen molar-refractivity contribution in [3.8, 4) is 0 Å². The van der Waals surface area contributed by atoms with Gasteiger partial charge in [-0.2, -0.15) is 13.2 Å². The Morgan fingerprint density at radius 2 is 1.73 bits per heavy atom. The number of alkyl halides is 3. The van der Waals surface area contributed by atoms with Crippen molar-refractivity contribution in [2.24, 2.45) is 0 Å². The second kappa shape index (κ2) is 7.60. The van der Waals surface area contributed by atoms with E-state index in [9.17, 15) is 22.8 Å². The molecule has 2 unspecified atom stereocenters. The van der Waals surface area contributed by atoms with Crippen LogP contribution in [-0.4, -0.2) is 23.8 Å². The summed E-state index contributed by atoms with van der Waals surface area (Å²) in [5.74, 6) is -1.69. The van der Waals surface area contributed by atoms with E-state index >= 15 is 0 Å². The molecule has 1 aromatic heterocycles. The Hall–Kier alpha value is -3.13. The van der Waals surface area contributed by atoms with Crippen molar-refractivity contribution in [1.29, 1.82) is 0 Å². The minimum atomic E-state index is -4.60. The molecule has 1 N–H and O–H groups in total.